The summed E-state index contributed by atoms with van der Waals surface area (Å²) in [6.45, 7) is 2.92. The second kappa shape index (κ2) is 32.7. The van der Waals surface area contributed by atoms with E-state index in [1.54, 1.807) is 0 Å². The number of phosphoric acid groups is 1. The minimum absolute atomic E-state index is 0.0235. The number of carbonyl (C=O) groups is 2. The number of aliphatic hydroxyl groups excluding tert-OH is 5. The van der Waals surface area contributed by atoms with Crippen LogP contribution in [0.2, 0.25) is 0 Å². The molecular formula is C43H67O13P. The van der Waals surface area contributed by atoms with Gasteiger partial charge >= 0.3 is 19.8 Å². The number of phosphoric ester groups is 1. The van der Waals surface area contributed by atoms with Crippen LogP contribution in [0.1, 0.15) is 104 Å². The Morgan fingerprint density at radius 3 is 1.44 bits per heavy atom. The smallest absolute Gasteiger partial charge is 0.462 e. The summed E-state index contributed by atoms with van der Waals surface area (Å²) >= 11 is 0. The minimum atomic E-state index is -5.15. The number of esters is 2. The molecule has 0 aromatic rings. The Morgan fingerprint density at radius 2 is 0.965 bits per heavy atom. The van der Waals surface area contributed by atoms with Crippen LogP contribution in [0, 0.1) is 0 Å². The molecule has 0 spiro atoms. The number of aliphatic hydroxyl groups is 5. The van der Waals surface area contributed by atoms with E-state index >= 15 is 0 Å². The van der Waals surface area contributed by atoms with Crippen molar-refractivity contribution in [2.24, 2.45) is 0 Å². The largest absolute Gasteiger partial charge is 0.472 e. The van der Waals surface area contributed by atoms with Crippen molar-refractivity contribution in [3.8, 4) is 0 Å². The molecule has 57 heavy (non-hydrogen) atoms. The predicted octanol–water partition coefficient (Wildman–Crippen LogP) is 6.71. The standard InChI is InChI=1S/C43H67O13P/c1-3-5-7-9-11-13-15-17-18-20-22-24-26-28-30-32-37(45)55-35(34-54-57(51,52)56-43-41(49)39(47)38(46)40(48)42(43)50)33-53-36(44)31-29-27-25-23-21-19-16-14-12-10-8-6-4-2/h5-8,11-14,17-19,21-22,24-25,27,35,38-43,46-50H,3-4,9-10,15-16,20,23,26,28-34H2,1-2H3,(H,51,52)/b7-5-,8-6-,13-11-,14-12-,18-17-,21-19-,24-22-,27-25-. The zero-order valence-electron chi connectivity index (χ0n) is 33.6. The Morgan fingerprint density at radius 1 is 0.544 bits per heavy atom. The lowest BCUT2D eigenvalue weighted by molar-refractivity contribution is -0.220. The monoisotopic (exact) mass is 822 g/mol. The summed E-state index contributed by atoms with van der Waals surface area (Å²) in [4.78, 5) is 35.5. The van der Waals surface area contributed by atoms with Crippen LogP contribution in [0.4, 0.5) is 0 Å². The Balaban J connectivity index is 2.62. The van der Waals surface area contributed by atoms with Crippen LogP contribution in [-0.2, 0) is 32.7 Å². The Kier molecular flexibility index (Phi) is 29.7. The van der Waals surface area contributed by atoms with Gasteiger partial charge in [-0.25, -0.2) is 4.57 Å². The van der Waals surface area contributed by atoms with Crippen molar-refractivity contribution in [1.82, 2.24) is 0 Å². The van der Waals surface area contributed by atoms with Gasteiger partial charge in [-0.3, -0.25) is 18.6 Å². The van der Waals surface area contributed by atoms with Crippen molar-refractivity contribution in [3.63, 3.8) is 0 Å². The summed E-state index contributed by atoms with van der Waals surface area (Å²) in [6.07, 6.45) is 29.3. The van der Waals surface area contributed by atoms with Gasteiger partial charge in [-0.05, 0) is 77.0 Å². The normalized spacial score (nSPS) is 23.7. The summed E-state index contributed by atoms with van der Waals surface area (Å²) in [6, 6.07) is 0. The van der Waals surface area contributed by atoms with E-state index in [4.69, 9.17) is 18.5 Å². The zero-order valence-corrected chi connectivity index (χ0v) is 34.5. The molecule has 13 nitrogen and oxygen atoms in total. The van der Waals surface area contributed by atoms with Crippen molar-refractivity contribution in [2.45, 2.75) is 146 Å². The maximum atomic E-state index is 12.8. The van der Waals surface area contributed by atoms with Crippen LogP contribution in [0.15, 0.2) is 97.2 Å². The SMILES string of the molecule is CC/C=C\C/C=C\C/C=C\C/C=C\CCCCC(=O)OC(COC(=O)CC/C=C\C/C=C\C/C=C\C/C=C\CC)COP(=O)(O)OC1C(O)C(O)C(O)C(O)C1O. The van der Waals surface area contributed by atoms with Gasteiger partial charge in [0.25, 0.3) is 0 Å². The minimum Gasteiger partial charge on any atom is -0.462 e. The molecule has 0 bridgehead atoms. The van der Waals surface area contributed by atoms with Gasteiger partial charge in [0.15, 0.2) is 6.10 Å². The van der Waals surface area contributed by atoms with Gasteiger partial charge in [0.1, 0.15) is 43.2 Å². The molecule has 1 saturated carbocycles. The fraction of sp³-hybridized carbons (Fsp3) is 0.581. The molecule has 1 fully saturated rings. The molecular weight excluding hydrogens is 755 g/mol. The van der Waals surface area contributed by atoms with E-state index in [9.17, 15) is 44.6 Å². The highest BCUT2D eigenvalue weighted by molar-refractivity contribution is 7.47. The van der Waals surface area contributed by atoms with Crippen molar-refractivity contribution < 1.29 is 63.1 Å². The van der Waals surface area contributed by atoms with E-state index < -0.39 is 75.7 Å². The van der Waals surface area contributed by atoms with Gasteiger partial charge in [-0.15, -0.1) is 0 Å². The Bertz CT molecular complexity index is 1370. The Hall–Kier alpha value is -3.23. The van der Waals surface area contributed by atoms with Crippen molar-refractivity contribution in [2.75, 3.05) is 13.2 Å². The summed E-state index contributed by atoms with van der Waals surface area (Å²) in [5.74, 6) is -1.26. The average Bonchev–Trinajstić information content (AvgIpc) is 3.19. The van der Waals surface area contributed by atoms with Gasteiger partial charge < -0.3 is 39.9 Å². The van der Waals surface area contributed by atoms with Crippen LogP contribution in [-0.4, -0.2) is 98.3 Å². The van der Waals surface area contributed by atoms with Crippen LogP contribution in [0.3, 0.4) is 0 Å². The number of carbonyl (C=O) groups excluding carboxylic acids is 2. The number of rotatable bonds is 30. The topological polar surface area (TPSA) is 210 Å². The molecule has 14 heteroatoms. The first-order valence-electron chi connectivity index (χ1n) is 20.0. The summed E-state index contributed by atoms with van der Waals surface area (Å²) in [7, 11) is -5.15. The van der Waals surface area contributed by atoms with Crippen molar-refractivity contribution in [3.05, 3.63) is 97.2 Å². The van der Waals surface area contributed by atoms with Gasteiger partial charge in [0.2, 0.25) is 0 Å². The van der Waals surface area contributed by atoms with Crippen molar-refractivity contribution in [1.29, 1.82) is 0 Å². The number of ether oxygens (including phenoxy) is 2. The molecule has 322 valence electrons. The lowest BCUT2D eigenvalue weighted by Crippen LogP contribution is -2.64. The molecule has 0 heterocycles. The highest BCUT2D eigenvalue weighted by atomic mass is 31.2. The fourth-order valence-electron chi connectivity index (χ4n) is 5.23. The van der Waals surface area contributed by atoms with E-state index in [2.05, 4.69) is 86.8 Å². The molecule has 0 amide bonds. The Labute approximate surface area is 339 Å². The summed E-state index contributed by atoms with van der Waals surface area (Å²) in [5, 5.41) is 50.0. The van der Waals surface area contributed by atoms with Crippen LogP contribution in [0.25, 0.3) is 0 Å². The van der Waals surface area contributed by atoms with E-state index in [0.717, 1.165) is 51.4 Å². The molecule has 0 aliphatic heterocycles. The third-order valence-corrected chi connectivity index (χ3v) is 9.42. The summed E-state index contributed by atoms with van der Waals surface area (Å²) < 4.78 is 33.2. The van der Waals surface area contributed by atoms with Gasteiger partial charge in [-0.2, -0.15) is 0 Å². The molecule has 1 aliphatic carbocycles. The highest BCUT2D eigenvalue weighted by Gasteiger charge is 2.51. The fourth-order valence-corrected chi connectivity index (χ4v) is 6.20. The molecule has 0 aromatic carbocycles. The van der Waals surface area contributed by atoms with E-state index in [1.165, 1.54) is 0 Å². The zero-order chi connectivity index (χ0) is 42.2. The molecule has 0 aromatic heterocycles. The highest BCUT2D eigenvalue weighted by Crippen LogP contribution is 2.47. The average molecular weight is 823 g/mol. The number of unbranched alkanes of at least 4 members (excludes halogenated alkanes) is 2. The van der Waals surface area contributed by atoms with E-state index in [1.807, 2.05) is 24.3 Å². The van der Waals surface area contributed by atoms with E-state index in [0.29, 0.717) is 25.7 Å². The third kappa shape index (κ3) is 25.7. The first kappa shape index (κ1) is 51.8. The number of hydrogen-bond donors (Lipinski definition) is 6. The lowest BCUT2D eigenvalue weighted by atomic mass is 9.85. The van der Waals surface area contributed by atoms with E-state index in [-0.39, 0.29) is 12.8 Å². The van der Waals surface area contributed by atoms with Gasteiger partial charge in [-0.1, -0.05) is 111 Å². The maximum Gasteiger partial charge on any atom is 0.472 e. The molecule has 1 aliphatic rings. The van der Waals surface area contributed by atoms with Gasteiger partial charge in [0, 0.05) is 12.8 Å². The molecule has 6 unspecified atom stereocenters. The van der Waals surface area contributed by atoms with Gasteiger partial charge in [0.05, 0.1) is 6.61 Å². The molecule has 0 saturated heterocycles. The second-order valence-electron chi connectivity index (χ2n) is 13.4. The molecule has 0 radical (unpaired) electrons. The maximum absolute atomic E-state index is 12.8. The first-order valence-corrected chi connectivity index (χ1v) is 21.5. The third-order valence-electron chi connectivity index (χ3n) is 8.43. The summed E-state index contributed by atoms with van der Waals surface area (Å²) in [5.41, 5.74) is 0. The molecule has 6 N–H and O–H groups in total. The number of hydrogen-bond acceptors (Lipinski definition) is 12. The second-order valence-corrected chi connectivity index (χ2v) is 14.8. The molecule has 6 atom stereocenters. The lowest BCUT2D eigenvalue weighted by Gasteiger charge is -2.41. The van der Waals surface area contributed by atoms with Crippen molar-refractivity contribution >= 4 is 19.8 Å². The van der Waals surface area contributed by atoms with Crippen LogP contribution >= 0.6 is 7.82 Å². The first-order chi connectivity index (χ1) is 27.4. The molecule has 1 rings (SSSR count). The quantitative estimate of drug-likeness (QED) is 0.0193. The predicted molar refractivity (Wildman–Crippen MR) is 221 cm³/mol. The number of allylic oxidation sites excluding steroid dienone is 16. The van der Waals surface area contributed by atoms with Crippen LogP contribution < -0.4 is 0 Å². The van der Waals surface area contributed by atoms with Crippen LogP contribution in [0.5, 0.6) is 0 Å².